The summed E-state index contributed by atoms with van der Waals surface area (Å²) in [5.74, 6) is -1.51. The monoisotopic (exact) mass is 712 g/mol. The third-order valence-electron chi connectivity index (χ3n) is 6.60. The molecule has 0 radical (unpaired) electrons. The number of ether oxygens (including phenoxy) is 1. The van der Waals surface area contributed by atoms with E-state index in [1.54, 1.807) is 48.5 Å². The van der Waals surface area contributed by atoms with Crippen LogP contribution in [-0.2, 0) is 9.53 Å². The quantitative estimate of drug-likeness (QED) is 0.0194. The van der Waals surface area contributed by atoms with E-state index in [0.29, 0.717) is 36.2 Å². The van der Waals surface area contributed by atoms with Crippen molar-refractivity contribution in [2.75, 3.05) is 6.54 Å². The van der Waals surface area contributed by atoms with Gasteiger partial charge in [-0.1, -0.05) is 85.4 Å². The van der Waals surface area contributed by atoms with Gasteiger partial charge in [0, 0.05) is 27.0 Å². The highest BCUT2D eigenvalue weighted by Gasteiger charge is 2.14. The van der Waals surface area contributed by atoms with Crippen molar-refractivity contribution in [3.63, 3.8) is 0 Å². The third kappa shape index (κ3) is 16.1. The number of carbonyl (C=O) groups is 3. The molecule has 10 heteroatoms. The number of amides is 1. The lowest BCUT2D eigenvalue weighted by Crippen LogP contribution is -2.24. The van der Waals surface area contributed by atoms with Gasteiger partial charge in [0.25, 0.3) is 5.91 Å². The molecule has 2 rings (SSSR count). The number of carbonyl (C=O) groups excluding carboxylic acids is 2. The molecule has 0 fully saturated rings. The minimum Gasteiger partial charge on any atom is -0.481 e. The van der Waals surface area contributed by atoms with E-state index in [1.807, 2.05) is 24.3 Å². The normalized spacial score (nSPS) is 11.9. The summed E-state index contributed by atoms with van der Waals surface area (Å²) in [4.78, 5) is 38.5. The van der Waals surface area contributed by atoms with Crippen LogP contribution < -0.4 is 5.32 Å². The van der Waals surface area contributed by atoms with Crippen molar-refractivity contribution in [2.24, 2.45) is 5.11 Å². The van der Waals surface area contributed by atoms with E-state index < -0.39 is 18.0 Å². The second-order valence-corrected chi connectivity index (χ2v) is 11.4. The smallest absolute Gasteiger partial charge is 0.338 e. The topological polar surface area (TPSA) is 141 Å². The Hall–Kier alpha value is -3.89. The predicted molar refractivity (Wildman–Crippen MR) is 182 cm³/mol. The van der Waals surface area contributed by atoms with Gasteiger partial charge in [0.05, 0.1) is 11.3 Å². The van der Waals surface area contributed by atoms with Gasteiger partial charge in [-0.05, 0) is 97.0 Å². The Kier molecular flexibility index (Phi) is 18.7. The molecule has 1 amide bonds. The van der Waals surface area contributed by atoms with Gasteiger partial charge in [-0.25, -0.2) is 4.79 Å². The lowest BCUT2D eigenvalue weighted by molar-refractivity contribution is -0.137. The van der Waals surface area contributed by atoms with E-state index in [1.165, 1.54) is 0 Å². The Morgan fingerprint density at radius 3 is 2.45 bits per heavy atom. The van der Waals surface area contributed by atoms with Crippen LogP contribution in [-0.4, -0.2) is 35.6 Å². The number of nitrogens with zero attached hydrogens (tertiary/aromatic N) is 3. The number of nitrogens with one attached hydrogen (secondary N) is 1. The molecule has 0 aromatic heterocycles. The average molecular weight is 713 g/mol. The van der Waals surface area contributed by atoms with Crippen LogP contribution in [0.2, 0.25) is 0 Å². The molecule has 234 valence electrons. The highest BCUT2D eigenvalue weighted by molar-refractivity contribution is 14.1. The van der Waals surface area contributed by atoms with E-state index in [9.17, 15) is 14.4 Å². The zero-order chi connectivity index (χ0) is 31.8. The SMILES string of the molecule is [N-]=[N+]=Nc1ccc(I)cc1C(=O)NCCCCCCCC/C=C\C/C=C\C=C\[C@H](CCCC(=O)O)OC(=O)c1ccccc1. The van der Waals surface area contributed by atoms with Crippen LogP contribution in [0.4, 0.5) is 5.69 Å². The zero-order valence-electron chi connectivity index (χ0n) is 24.9. The minimum absolute atomic E-state index is 0.0329. The summed E-state index contributed by atoms with van der Waals surface area (Å²) in [6, 6.07) is 13.9. The first-order chi connectivity index (χ1) is 21.4. The number of azide groups is 1. The molecule has 44 heavy (non-hydrogen) atoms. The van der Waals surface area contributed by atoms with Crippen molar-refractivity contribution in [1.82, 2.24) is 5.32 Å². The first-order valence-electron chi connectivity index (χ1n) is 15.0. The Morgan fingerprint density at radius 1 is 0.955 bits per heavy atom. The van der Waals surface area contributed by atoms with Gasteiger partial charge in [0.1, 0.15) is 6.10 Å². The number of benzene rings is 2. The second-order valence-electron chi connectivity index (χ2n) is 10.1. The third-order valence-corrected chi connectivity index (χ3v) is 7.27. The highest BCUT2D eigenvalue weighted by atomic mass is 127. The lowest BCUT2D eigenvalue weighted by Gasteiger charge is -2.14. The molecular weight excluding hydrogens is 671 g/mol. The molecule has 2 N–H and O–H groups in total. The number of hydrogen-bond donors (Lipinski definition) is 2. The molecule has 2 aromatic carbocycles. The molecule has 0 aliphatic carbocycles. The fourth-order valence-electron chi connectivity index (χ4n) is 4.28. The number of unbranched alkanes of at least 4 members (excludes halogenated alkanes) is 6. The Balaban J connectivity index is 1.56. The molecule has 0 heterocycles. The van der Waals surface area contributed by atoms with E-state index in [4.69, 9.17) is 15.4 Å². The van der Waals surface area contributed by atoms with Crippen LogP contribution in [0.1, 0.15) is 91.3 Å². The van der Waals surface area contributed by atoms with Gasteiger partial charge < -0.3 is 15.2 Å². The second kappa shape index (κ2) is 22.6. The van der Waals surface area contributed by atoms with Crippen LogP contribution in [0.5, 0.6) is 0 Å². The van der Waals surface area contributed by atoms with Crippen LogP contribution in [0.25, 0.3) is 10.4 Å². The predicted octanol–water partition coefficient (Wildman–Crippen LogP) is 9.23. The average Bonchev–Trinajstić information content (AvgIpc) is 3.01. The minimum atomic E-state index is -0.866. The number of carboxylic acid groups (broad SMARTS) is 1. The van der Waals surface area contributed by atoms with Gasteiger partial charge in [-0.2, -0.15) is 0 Å². The largest absolute Gasteiger partial charge is 0.481 e. The molecule has 0 spiro atoms. The number of allylic oxidation sites excluding steroid dienone is 5. The number of halogens is 1. The summed E-state index contributed by atoms with van der Waals surface area (Å²) < 4.78 is 6.49. The maximum absolute atomic E-state index is 12.4. The van der Waals surface area contributed by atoms with Crippen LogP contribution in [0, 0.1) is 3.57 Å². The number of rotatable bonds is 21. The van der Waals surface area contributed by atoms with E-state index in [-0.39, 0.29) is 12.3 Å². The van der Waals surface area contributed by atoms with Gasteiger partial charge in [-0.3, -0.25) is 9.59 Å². The van der Waals surface area contributed by atoms with Crippen LogP contribution in [0.15, 0.2) is 90.1 Å². The molecule has 0 aliphatic heterocycles. The number of hydrogen-bond acceptors (Lipinski definition) is 5. The summed E-state index contributed by atoms with van der Waals surface area (Å²) in [6.45, 7) is 0.593. The number of aliphatic carboxylic acids is 1. The summed E-state index contributed by atoms with van der Waals surface area (Å²) in [5.41, 5.74) is 9.90. The molecule has 0 unspecified atom stereocenters. The van der Waals surface area contributed by atoms with E-state index in [2.05, 4.69) is 50.1 Å². The molecule has 0 saturated carbocycles. The van der Waals surface area contributed by atoms with E-state index in [0.717, 1.165) is 54.9 Å². The molecule has 0 saturated heterocycles. The first kappa shape index (κ1) is 36.3. The van der Waals surface area contributed by atoms with Crippen LogP contribution in [0.3, 0.4) is 0 Å². The highest BCUT2D eigenvalue weighted by Crippen LogP contribution is 2.22. The van der Waals surface area contributed by atoms with Gasteiger partial charge in [0.15, 0.2) is 0 Å². The summed E-state index contributed by atoms with van der Waals surface area (Å²) >= 11 is 2.13. The van der Waals surface area contributed by atoms with Gasteiger partial charge >= 0.3 is 11.9 Å². The molecule has 0 aliphatic rings. The van der Waals surface area contributed by atoms with Crippen LogP contribution >= 0.6 is 22.6 Å². The number of esters is 1. The molecule has 1 atom stereocenters. The van der Waals surface area contributed by atoms with Crippen molar-refractivity contribution in [3.05, 3.63) is 110 Å². The summed E-state index contributed by atoms with van der Waals surface area (Å²) in [7, 11) is 0. The number of carboxylic acids is 1. The standard InChI is InChI=1S/C34H41IN4O5/c35-28-23-24-31(38-39-36)30(26-28)33(42)37-25-16-11-9-7-5-3-1-2-4-6-8-10-15-20-29(21-17-22-32(40)41)44-34(43)27-18-13-12-14-19-27/h2,4,8,10,12-15,18-20,23-24,26,29H,1,3,5-7,9,11,16-17,21-22,25H2,(H,37,42)(H,40,41)/b4-2-,10-8-,20-15+/t29-/m1/s1. The zero-order valence-corrected chi connectivity index (χ0v) is 27.1. The fraction of sp³-hybridized carbons (Fsp3) is 0.382. The Morgan fingerprint density at radius 2 is 1.70 bits per heavy atom. The summed E-state index contributed by atoms with van der Waals surface area (Å²) in [5, 5.41) is 15.4. The molecule has 9 nitrogen and oxygen atoms in total. The van der Waals surface area contributed by atoms with Gasteiger partial charge in [0.2, 0.25) is 0 Å². The lowest BCUT2D eigenvalue weighted by atomic mass is 10.1. The fourth-order valence-corrected chi connectivity index (χ4v) is 4.77. The van der Waals surface area contributed by atoms with E-state index >= 15 is 0 Å². The van der Waals surface area contributed by atoms with Gasteiger partial charge in [-0.15, -0.1) is 0 Å². The Bertz CT molecular complexity index is 1320. The molecule has 0 bridgehead atoms. The maximum Gasteiger partial charge on any atom is 0.338 e. The first-order valence-corrected chi connectivity index (χ1v) is 16.1. The van der Waals surface area contributed by atoms with Crippen molar-refractivity contribution in [1.29, 1.82) is 0 Å². The van der Waals surface area contributed by atoms with Crippen molar-refractivity contribution >= 4 is 46.1 Å². The molecule has 2 aromatic rings. The van der Waals surface area contributed by atoms with Crippen molar-refractivity contribution < 1.29 is 24.2 Å². The Labute approximate surface area is 273 Å². The maximum atomic E-state index is 12.4. The molecular formula is C34H41IN4O5. The van der Waals surface area contributed by atoms with Crippen molar-refractivity contribution in [3.8, 4) is 0 Å². The summed E-state index contributed by atoms with van der Waals surface area (Å²) in [6.07, 6.45) is 20.7. The van der Waals surface area contributed by atoms with Crippen molar-refractivity contribution in [2.45, 2.75) is 76.7 Å².